The van der Waals surface area contributed by atoms with Gasteiger partial charge in [0.1, 0.15) is 0 Å². The average Bonchev–Trinajstić information content (AvgIpc) is 2.28. The first-order chi connectivity index (χ1) is 8.12. The van der Waals surface area contributed by atoms with Crippen LogP contribution >= 0.6 is 12.6 Å². The summed E-state index contributed by atoms with van der Waals surface area (Å²) < 4.78 is 4.83. The lowest BCUT2D eigenvalue weighted by Crippen LogP contribution is -2.10. The molecule has 90 valence electrons. The Morgan fingerprint density at radius 3 is 2.82 bits per heavy atom. The van der Waals surface area contributed by atoms with Crippen molar-refractivity contribution in [2.45, 2.75) is 24.8 Å². The van der Waals surface area contributed by atoms with Crippen molar-refractivity contribution >= 4 is 18.6 Å². The second-order valence-electron chi connectivity index (χ2n) is 3.38. The number of benzene rings is 1. The topological polar surface area (TPSA) is 70.3 Å². The second kappa shape index (κ2) is 6.28. The summed E-state index contributed by atoms with van der Waals surface area (Å²) in [6.07, 6.45) is 0.0345. The first-order valence-corrected chi connectivity index (χ1v) is 5.58. The van der Waals surface area contributed by atoms with E-state index in [0.29, 0.717) is 28.2 Å². The number of nitriles is 1. The molecule has 0 spiro atoms. The van der Waals surface area contributed by atoms with Crippen LogP contribution in [0.3, 0.4) is 0 Å². The zero-order chi connectivity index (χ0) is 12.8. The molecule has 0 aliphatic heterocycles. The molecule has 5 heteroatoms. The molecular weight excluding hydrogens is 238 g/mol. The number of aliphatic hydroxyl groups is 1. The monoisotopic (exact) mass is 251 g/mol. The molecule has 1 N–H and O–H groups in total. The van der Waals surface area contributed by atoms with E-state index in [-0.39, 0.29) is 19.0 Å². The number of thiol groups is 1. The van der Waals surface area contributed by atoms with Gasteiger partial charge in [0.25, 0.3) is 0 Å². The number of ether oxygens (including phenoxy) is 1. The van der Waals surface area contributed by atoms with Crippen molar-refractivity contribution in [2.75, 3.05) is 6.61 Å². The summed E-state index contributed by atoms with van der Waals surface area (Å²) in [5.41, 5.74) is 1.37. The van der Waals surface area contributed by atoms with Crippen molar-refractivity contribution in [3.05, 3.63) is 28.8 Å². The number of aliphatic hydroxyl groups excluding tert-OH is 1. The summed E-state index contributed by atoms with van der Waals surface area (Å²) in [5, 5.41) is 18.2. The van der Waals surface area contributed by atoms with Crippen LogP contribution < -0.4 is 0 Å². The first kappa shape index (κ1) is 13.6. The van der Waals surface area contributed by atoms with Crippen LogP contribution in [0.4, 0.5) is 0 Å². The van der Waals surface area contributed by atoms with Gasteiger partial charge >= 0.3 is 5.97 Å². The zero-order valence-electron chi connectivity index (χ0n) is 9.43. The van der Waals surface area contributed by atoms with Gasteiger partial charge in [-0.3, -0.25) is 4.79 Å². The predicted octanol–water partition coefficient (Wildman–Crippen LogP) is 1.44. The minimum atomic E-state index is -0.384. The molecule has 17 heavy (non-hydrogen) atoms. The number of hydrogen-bond donors (Lipinski definition) is 2. The molecule has 0 aromatic heterocycles. The number of carbonyl (C=O) groups is 1. The van der Waals surface area contributed by atoms with E-state index in [2.05, 4.69) is 12.6 Å². The fraction of sp³-hybridized carbons (Fsp3) is 0.333. The third-order valence-corrected chi connectivity index (χ3v) is 2.50. The molecule has 1 rings (SSSR count). The molecule has 0 unspecified atom stereocenters. The number of rotatable bonds is 4. The number of esters is 1. The summed E-state index contributed by atoms with van der Waals surface area (Å²) in [5.74, 6) is -0.384. The SMILES string of the molecule is CCOC(=O)Cc1cc(S)cc(C#N)c1CO. The summed E-state index contributed by atoms with van der Waals surface area (Å²) in [6.45, 7) is 1.74. The van der Waals surface area contributed by atoms with Crippen molar-refractivity contribution in [3.8, 4) is 6.07 Å². The molecule has 1 aromatic carbocycles. The van der Waals surface area contributed by atoms with Crippen molar-refractivity contribution in [1.29, 1.82) is 5.26 Å². The summed E-state index contributed by atoms with van der Waals surface area (Å²) in [7, 11) is 0. The molecule has 0 radical (unpaired) electrons. The molecule has 0 bridgehead atoms. The van der Waals surface area contributed by atoms with Crippen LogP contribution in [0, 0.1) is 11.3 Å². The highest BCUT2D eigenvalue weighted by atomic mass is 32.1. The quantitative estimate of drug-likeness (QED) is 0.627. The van der Waals surface area contributed by atoms with Gasteiger partial charge in [0, 0.05) is 4.90 Å². The highest BCUT2D eigenvalue weighted by Gasteiger charge is 2.13. The van der Waals surface area contributed by atoms with Crippen LogP contribution in [-0.4, -0.2) is 17.7 Å². The Labute approximate surface area is 105 Å². The maximum atomic E-state index is 11.4. The third kappa shape index (κ3) is 3.48. The van der Waals surface area contributed by atoms with Gasteiger partial charge in [-0.05, 0) is 30.2 Å². The normalized spacial score (nSPS) is 9.76. The fourth-order valence-electron chi connectivity index (χ4n) is 1.53. The smallest absolute Gasteiger partial charge is 0.310 e. The van der Waals surface area contributed by atoms with Gasteiger partial charge in [-0.15, -0.1) is 12.6 Å². The van der Waals surface area contributed by atoms with E-state index in [0.717, 1.165) is 0 Å². The summed E-state index contributed by atoms with van der Waals surface area (Å²) >= 11 is 4.15. The number of hydrogen-bond acceptors (Lipinski definition) is 5. The van der Waals surface area contributed by atoms with Crippen molar-refractivity contribution in [2.24, 2.45) is 0 Å². The molecule has 0 fully saturated rings. The Bertz CT molecular complexity index is 466. The van der Waals surface area contributed by atoms with Crippen molar-refractivity contribution < 1.29 is 14.6 Å². The van der Waals surface area contributed by atoms with E-state index in [1.165, 1.54) is 0 Å². The van der Waals surface area contributed by atoms with Gasteiger partial charge in [-0.2, -0.15) is 5.26 Å². The van der Waals surface area contributed by atoms with Gasteiger partial charge in [-0.1, -0.05) is 0 Å². The van der Waals surface area contributed by atoms with E-state index in [9.17, 15) is 9.90 Å². The Morgan fingerprint density at radius 1 is 1.59 bits per heavy atom. The Hall–Kier alpha value is -1.51. The average molecular weight is 251 g/mol. The highest BCUT2D eigenvalue weighted by molar-refractivity contribution is 7.80. The standard InChI is InChI=1S/C12H13NO3S/c1-2-16-12(15)5-8-3-10(17)4-9(6-13)11(8)7-14/h3-4,14,17H,2,5,7H2,1H3. The lowest BCUT2D eigenvalue weighted by molar-refractivity contribution is -0.142. The van der Waals surface area contributed by atoms with Crippen molar-refractivity contribution in [3.63, 3.8) is 0 Å². The van der Waals surface area contributed by atoms with Crippen LogP contribution in [-0.2, 0) is 22.6 Å². The van der Waals surface area contributed by atoms with E-state index < -0.39 is 0 Å². The molecule has 0 heterocycles. The molecule has 1 aromatic rings. The lowest BCUT2D eigenvalue weighted by atomic mass is 10.00. The third-order valence-electron chi connectivity index (χ3n) is 2.25. The molecule has 0 aliphatic rings. The van der Waals surface area contributed by atoms with E-state index in [1.807, 2.05) is 6.07 Å². The molecule has 4 nitrogen and oxygen atoms in total. The Morgan fingerprint density at radius 2 is 2.29 bits per heavy atom. The maximum Gasteiger partial charge on any atom is 0.310 e. The minimum absolute atomic E-state index is 0.0345. The minimum Gasteiger partial charge on any atom is -0.466 e. The molecule has 0 saturated carbocycles. The van der Waals surface area contributed by atoms with Gasteiger partial charge in [0.15, 0.2) is 0 Å². The largest absolute Gasteiger partial charge is 0.466 e. The maximum absolute atomic E-state index is 11.4. The first-order valence-electron chi connectivity index (χ1n) is 5.13. The van der Waals surface area contributed by atoms with Crippen LogP contribution in [0.1, 0.15) is 23.6 Å². The molecule has 0 amide bonds. The lowest BCUT2D eigenvalue weighted by Gasteiger charge is -2.10. The molecule has 0 aliphatic carbocycles. The van der Waals surface area contributed by atoms with E-state index in [4.69, 9.17) is 10.00 Å². The second-order valence-corrected chi connectivity index (χ2v) is 3.90. The predicted molar refractivity (Wildman–Crippen MR) is 64.7 cm³/mol. The van der Waals surface area contributed by atoms with Crippen molar-refractivity contribution in [1.82, 2.24) is 0 Å². The summed E-state index contributed by atoms with van der Waals surface area (Å²) in [4.78, 5) is 12.0. The number of nitrogens with zero attached hydrogens (tertiary/aromatic N) is 1. The van der Waals surface area contributed by atoms with E-state index >= 15 is 0 Å². The fourth-order valence-corrected chi connectivity index (χ4v) is 1.81. The van der Waals surface area contributed by atoms with Gasteiger partial charge < -0.3 is 9.84 Å². The zero-order valence-corrected chi connectivity index (χ0v) is 10.3. The van der Waals surface area contributed by atoms with E-state index in [1.54, 1.807) is 19.1 Å². The Balaban J connectivity index is 3.10. The Kier molecular flexibility index (Phi) is 5.01. The van der Waals surface area contributed by atoms with Crippen LogP contribution in [0.5, 0.6) is 0 Å². The van der Waals surface area contributed by atoms with Gasteiger partial charge in [0.2, 0.25) is 0 Å². The number of carbonyl (C=O) groups excluding carboxylic acids is 1. The van der Waals surface area contributed by atoms with Crippen LogP contribution in [0.15, 0.2) is 17.0 Å². The van der Waals surface area contributed by atoms with Gasteiger partial charge in [0.05, 0.1) is 31.3 Å². The summed E-state index contributed by atoms with van der Waals surface area (Å²) in [6, 6.07) is 5.19. The van der Waals surface area contributed by atoms with Gasteiger partial charge in [-0.25, -0.2) is 0 Å². The highest BCUT2D eigenvalue weighted by Crippen LogP contribution is 2.20. The molecule has 0 saturated heterocycles. The van der Waals surface area contributed by atoms with Crippen LogP contribution in [0.25, 0.3) is 0 Å². The van der Waals surface area contributed by atoms with Crippen LogP contribution in [0.2, 0.25) is 0 Å². The molecular formula is C12H13NO3S. The molecule has 0 atom stereocenters.